The molecule has 0 saturated carbocycles. The van der Waals surface area contributed by atoms with Crippen molar-refractivity contribution in [2.75, 3.05) is 37.9 Å². The molecule has 2 aromatic carbocycles. The number of piperazine rings is 1. The average molecular weight is 349 g/mol. The minimum atomic E-state index is 0.330. The number of rotatable bonds is 3. The number of anilines is 1. The van der Waals surface area contributed by atoms with Crippen LogP contribution in [-0.4, -0.2) is 42.9 Å². The summed E-state index contributed by atoms with van der Waals surface area (Å²) in [6.45, 7) is 5.50. The first-order valence-electron chi connectivity index (χ1n) is 9.04. The van der Waals surface area contributed by atoms with E-state index in [9.17, 15) is 0 Å². The highest BCUT2D eigenvalue weighted by Gasteiger charge is 2.22. The van der Waals surface area contributed by atoms with Gasteiger partial charge in [0.2, 0.25) is 6.79 Å². The molecule has 2 aliphatic heterocycles. The van der Waals surface area contributed by atoms with Crippen molar-refractivity contribution in [1.82, 2.24) is 9.97 Å². The first-order valence-corrected chi connectivity index (χ1v) is 9.04. The molecular formula is C20H21N4O2+. The van der Waals surface area contributed by atoms with Gasteiger partial charge in [0, 0.05) is 5.56 Å². The van der Waals surface area contributed by atoms with Gasteiger partial charge >= 0.3 is 0 Å². The zero-order valence-electron chi connectivity index (χ0n) is 14.5. The second-order valence-electron chi connectivity index (χ2n) is 6.82. The van der Waals surface area contributed by atoms with Crippen LogP contribution in [-0.2, 0) is 6.54 Å². The summed E-state index contributed by atoms with van der Waals surface area (Å²) in [5.74, 6) is 2.70. The third kappa shape index (κ3) is 2.93. The molecule has 132 valence electrons. The monoisotopic (exact) mass is 349 g/mol. The van der Waals surface area contributed by atoms with E-state index >= 15 is 0 Å². The largest absolute Gasteiger partial charge is 0.454 e. The second kappa shape index (κ2) is 6.46. The minimum absolute atomic E-state index is 0.330. The number of quaternary nitrogens is 1. The van der Waals surface area contributed by atoms with Gasteiger partial charge in [-0.15, -0.1) is 0 Å². The Morgan fingerprint density at radius 1 is 0.962 bits per heavy atom. The number of benzene rings is 2. The molecule has 26 heavy (non-hydrogen) atoms. The highest BCUT2D eigenvalue weighted by molar-refractivity contribution is 5.75. The summed E-state index contributed by atoms with van der Waals surface area (Å²) >= 11 is 0. The number of fused-ring (bicyclic) bond motifs is 2. The summed E-state index contributed by atoms with van der Waals surface area (Å²) in [7, 11) is 0. The number of nitrogens with zero attached hydrogens (tertiary/aromatic N) is 3. The molecule has 6 nitrogen and oxygen atoms in total. The Bertz CT molecular complexity index is 938. The van der Waals surface area contributed by atoms with E-state index in [1.807, 2.05) is 36.5 Å². The summed E-state index contributed by atoms with van der Waals surface area (Å²) in [6, 6.07) is 14.3. The zero-order chi connectivity index (χ0) is 17.3. The van der Waals surface area contributed by atoms with Gasteiger partial charge in [0.25, 0.3) is 0 Å². The molecule has 1 saturated heterocycles. The van der Waals surface area contributed by atoms with Crippen molar-refractivity contribution in [3.05, 3.63) is 54.2 Å². The molecule has 0 unspecified atom stereocenters. The van der Waals surface area contributed by atoms with Crippen LogP contribution in [0, 0.1) is 0 Å². The van der Waals surface area contributed by atoms with Crippen molar-refractivity contribution in [2.24, 2.45) is 0 Å². The van der Waals surface area contributed by atoms with Crippen molar-refractivity contribution >= 4 is 16.9 Å². The van der Waals surface area contributed by atoms with E-state index in [1.165, 1.54) is 5.56 Å². The number of hydrogen-bond donors (Lipinski definition) is 1. The fourth-order valence-corrected chi connectivity index (χ4v) is 3.67. The lowest BCUT2D eigenvalue weighted by Gasteiger charge is -2.32. The van der Waals surface area contributed by atoms with Crippen LogP contribution in [0.5, 0.6) is 11.5 Å². The molecule has 0 radical (unpaired) electrons. The fraction of sp³-hybridized carbons (Fsp3) is 0.300. The smallest absolute Gasteiger partial charge is 0.231 e. The Labute approximate surface area is 152 Å². The van der Waals surface area contributed by atoms with E-state index in [2.05, 4.69) is 22.0 Å². The minimum Gasteiger partial charge on any atom is -0.454 e. The zero-order valence-corrected chi connectivity index (χ0v) is 14.5. The predicted octanol–water partition coefficient (Wildman–Crippen LogP) is 1.26. The van der Waals surface area contributed by atoms with Crippen LogP contribution >= 0.6 is 0 Å². The van der Waals surface area contributed by atoms with Gasteiger partial charge in [-0.1, -0.05) is 12.1 Å². The van der Waals surface area contributed by atoms with Gasteiger partial charge < -0.3 is 19.3 Å². The van der Waals surface area contributed by atoms with Crippen LogP contribution in [0.15, 0.2) is 48.7 Å². The van der Waals surface area contributed by atoms with E-state index < -0.39 is 0 Å². The number of para-hydroxylation sites is 2. The van der Waals surface area contributed by atoms with Gasteiger partial charge in [-0.2, -0.15) is 0 Å². The molecule has 2 aliphatic rings. The van der Waals surface area contributed by atoms with Gasteiger partial charge in [-0.25, -0.2) is 4.98 Å². The second-order valence-corrected chi connectivity index (χ2v) is 6.82. The van der Waals surface area contributed by atoms with E-state index in [0.717, 1.165) is 61.1 Å². The van der Waals surface area contributed by atoms with Gasteiger partial charge in [-0.05, 0) is 30.3 Å². The fourth-order valence-electron chi connectivity index (χ4n) is 3.67. The van der Waals surface area contributed by atoms with Crippen LogP contribution in [0.3, 0.4) is 0 Å². The molecule has 0 bridgehead atoms. The first-order chi connectivity index (χ1) is 12.8. The van der Waals surface area contributed by atoms with Gasteiger partial charge in [0.05, 0.1) is 43.4 Å². The van der Waals surface area contributed by atoms with E-state index in [4.69, 9.17) is 14.5 Å². The third-order valence-electron chi connectivity index (χ3n) is 5.12. The molecular weight excluding hydrogens is 328 g/mol. The lowest BCUT2D eigenvalue weighted by molar-refractivity contribution is -0.914. The molecule has 1 N–H and O–H groups in total. The molecule has 0 atom stereocenters. The summed E-state index contributed by atoms with van der Waals surface area (Å²) < 4.78 is 10.9. The Kier molecular flexibility index (Phi) is 3.83. The quantitative estimate of drug-likeness (QED) is 0.772. The Morgan fingerprint density at radius 2 is 1.77 bits per heavy atom. The van der Waals surface area contributed by atoms with Gasteiger partial charge in [-0.3, -0.25) is 4.98 Å². The Hall–Kier alpha value is -2.86. The highest BCUT2D eigenvalue weighted by atomic mass is 16.7. The van der Waals surface area contributed by atoms with E-state index in [-0.39, 0.29) is 0 Å². The van der Waals surface area contributed by atoms with Crippen LogP contribution in [0.4, 0.5) is 5.82 Å². The molecule has 6 heteroatoms. The Balaban J connectivity index is 1.24. The van der Waals surface area contributed by atoms with Crippen LogP contribution in [0.25, 0.3) is 11.0 Å². The van der Waals surface area contributed by atoms with Crippen molar-refractivity contribution in [3.63, 3.8) is 0 Å². The first kappa shape index (κ1) is 15.4. The molecule has 0 amide bonds. The van der Waals surface area contributed by atoms with E-state index in [0.29, 0.717) is 6.79 Å². The van der Waals surface area contributed by atoms with Crippen LogP contribution < -0.4 is 19.3 Å². The predicted molar refractivity (Wildman–Crippen MR) is 98.7 cm³/mol. The molecule has 5 rings (SSSR count). The molecule has 3 heterocycles. The number of hydrogen-bond acceptors (Lipinski definition) is 5. The molecule has 1 aromatic heterocycles. The molecule has 0 spiro atoms. The molecule has 0 aliphatic carbocycles. The van der Waals surface area contributed by atoms with E-state index in [1.54, 1.807) is 4.90 Å². The normalized spacial score (nSPS) is 17.0. The maximum atomic E-state index is 5.48. The van der Waals surface area contributed by atoms with Crippen molar-refractivity contribution < 1.29 is 14.4 Å². The lowest BCUT2D eigenvalue weighted by atomic mass is 10.1. The SMILES string of the molecule is c1ccc2nc(N3CC[NH+](Cc4ccc5c(c4)OCO5)CC3)cnc2c1. The molecule has 1 fully saturated rings. The third-order valence-corrected chi connectivity index (χ3v) is 5.12. The van der Waals surface area contributed by atoms with Crippen molar-refractivity contribution in [1.29, 1.82) is 0 Å². The van der Waals surface area contributed by atoms with Crippen molar-refractivity contribution in [2.45, 2.75) is 6.54 Å². The average Bonchev–Trinajstić information content (AvgIpc) is 3.16. The summed E-state index contributed by atoms with van der Waals surface area (Å²) in [5.41, 5.74) is 3.20. The van der Waals surface area contributed by atoms with Gasteiger partial charge in [0.15, 0.2) is 11.5 Å². The summed E-state index contributed by atoms with van der Waals surface area (Å²) in [6.07, 6.45) is 1.89. The Morgan fingerprint density at radius 3 is 2.65 bits per heavy atom. The van der Waals surface area contributed by atoms with Gasteiger partial charge in [0.1, 0.15) is 12.4 Å². The van der Waals surface area contributed by atoms with Crippen molar-refractivity contribution in [3.8, 4) is 11.5 Å². The summed E-state index contributed by atoms with van der Waals surface area (Å²) in [5, 5.41) is 0. The van der Waals surface area contributed by atoms with Crippen LogP contribution in [0.2, 0.25) is 0 Å². The number of ether oxygens (including phenoxy) is 2. The number of aromatic nitrogens is 2. The number of nitrogens with one attached hydrogen (secondary N) is 1. The standard InChI is InChI=1S/C20H20N4O2/c1-2-4-17-16(3-1)21-12-20(22-17)24-9-7-23(8-10-24)13-15-5-6-18-19(11-15)26-14-25-18/h1-6,11-12H,7-10,13-14H2/p+1. The van der Waals surface area contributed by atoms with Crippen LogP contribution in [0.1, 0.15) is 5.56 Å². The summed E-state index contributed by atoms with van der Waals surface area (Å²) in [4.78, 5) is 13.2. The maximum absolute atomic E-state index is 5.48. The maximum Gasteiger partial charge on any atom is 0.231 e. The highest BCUT2D eigenvalue weighted by Crippen LogP contribution is 2.32. The molecule has 3 aromatic rings. The lowest BCUT2D eigenvalue weighted by Crippen LogP contribution is -3.13. The topological polar surface area (TPSA) is 51.9 Å².